The zero-order valence-electron chi connectivity index (χ0n) is 34.1. The van der Waals surface area contributed by atoms with Gasteiger partial charge in [0, 0.05) is 16.9 Å². The van der Waals surface area contributed by atoms with Gasteiger partial charge in [0.15, 0.2) is 0 Å². The molecule has 0 radical (unpaired) electrons. The van der Waals surface area contributed by atoms with E-state index in [2.05, 4.69) is 254 Å². The summed E-state index contributed by atoms with van der Waals surface area (Å²) in [7, 11) is 0. The lowest BCUT2D eigenvalue weighted by Gasteiger charge is -2.35. The Morgan fingerprint density at radius 1 is 0.274 bits per heavy atom. The first-order chi connectivity index (χ1) is 30.8. The van der Waals surface area contributed by atoms with Crippen LogP contribution >= 0.6 is 0 Å². The SMILES string of the molecule is c1ccc(N(c2ccc3c(c2)C(c2ccccc2)(c2ccccc2)c2ccccc2-3)c2cccc(-c3cc4ccccc4c4ccccc34)c2-c2cccc3ccccc23)cc1. The van der Waals surface area contributed by atoms with E-state index in [0.29, 0.717) is 0 Å². The minimum atomic E-state index is -0.531. The highest BCUT2D eigenvalue weighted by Gasteiger charge is 2.46. The van der Waals surface area contributed by atoms with Crippen LogP contribution in [-0.4, -0.2) is 0 Å². The summed E-state index contributed by atoms with van der Waals surface area (Å²) in [4.78, 5) is 2.49. The van der Waals surface area contributed by atoms with Crippen LogP contribution in [0.2, 0.25) is 0 Å². The highest BCUT2D eigenvalue weighted by molar-refractivity contribution is 6.17. The molecule has 1 heteroatoms. The van der Waals surface area contributed by atoms with Crippen LogP contribution in [0.3, 0.4) is 0 Å². The van der Waals surface area contributed by atoms with Crippen LogP contribution < -0.4 is 4.90 Å². The van der Waals surface area contributed by atoms with E-state index in [9.17, 15) is 0 Å². The van der Waals surface area contributed by atoms with Crippen molar-refractivity contribution in [3.05, 3.63) is 271 Å². The summed E-state index contributed by atoms with van der Waals surface area (Å²) in [6.07, 6.45) is 0. The molecular weight excluding hydrogens is 747 g/mol. The van der Waals surface area contributed by atoms with E-state index >= 15 is 0 Å². The third-order valence-electron chi connectivity index (χ3n) is 13.1. The van der Waals surface area contributed by atoms with Crippen molar-refractivity contribution in [2.45, 2.75) is 5.41 Å². The summed E-state index contributed by atoms with van der Waals surface area (Å²) in [5.41, 5.74) is 15.2. The number of rotatable bonds is 7. The first kappa shape index (κ1) is 35.9. The van der Waals surface area contributed by atoms with Crippen molar-refractivity contribution >= 4 is 49.4 Å². The molecule has 1 aliphatic rings. The second-order valence-electron chi connectivity index (χ2n) is 16.3. The lowest BCUT2D eigenvalue weighted by Crippen LogP contribution is -2.28. The van der Waals surface area contributed by atoms with E-state index < -0.39 is 5.41 Å². The molecule has 0 unspecified atom stereocenters. The third kappa shape index (κ3) is 5.49. The van der Waals surface area contributed by atoms with E-state index in [1.807, 2.05) is 0 Å². The Labute approximate surface area is 362 Å². The van der Waals surface area contributed by atoms with Gasteiger partial charge >= 0.3 is 0 Å². The zero-order chi connectivity index (χ0) is 41.0. The lowest BCUT2D eigenvalue weighted by atomic mass is 9.67. The second kappa shape index (κ2) is 14.6. The number of para-hydroxylation sites is 1. The van der Waals surface area contributed by atoms with Gasteiger partial charge in [0.1, 0.15) is 0 Å². The molecular formula is C61H41N. The molecule has 1 nitrogen and oxygen atoms in total. The monoisotopic (exact) mass is 787 g/mol. The molecule has 0 bridgehead atoms. The van der Waals surface area contributed by atoms with Crippen LogP contribution in [0.15, 0.2) is 249 Å². The van der Waals surface area contributed by atoms with Gasteiger partial charge in [-0.25, -0.2) is 0 Å². The smallest absolute Gasteiger partial charge is 0.0714 e. The maximum absolute atomic E-state index is 2.49. The number of hydrogen-bond acceptors (Lipinski definition) is 1. The predicted octanol–water partition coefficient (Wildman–Crippen LogP) is 16.3. The number of fused-ring (bicyclic) bond motifs is 7. The van der Waals surface area contributed by atoms with Gasteiger partial charge in [-0.1, -0.05) is 212 Å². The molecule has 0 amide bonds. The van der Waals surface area contributed by atoms with Crippen LogP contribution in [0.4, 0.5) is 17.1 Å². The highest BCUT2D eigenvalue weighted by Crippen LogP contribution is 2.58. The zero-order valence-corrected chi connectivity index (χ0v) is 34.1. The quantitative estimate of drug-likeness (QED) is 0.145. The van der Waals surface area contributed by atoms with Crippen molar-refractivity contribution in [2.75, 3.05) is 4.90 Å². The van der Waals surface area contributed by atoms with Crippen molar-refractivity contribution < 1.29 is 0 Å². The first-order valence-corrected chi connectivity index (χ1v) is 21.5. The summed E-state index contributed by atoms with van der Waals surface area (Å²) >= 11 is 0. The fourth-order valence-corrected chi connectivity index (χ4v) is 10.5. The van der Waals surface area contributed by atoms with Crippen LogP contribution in [-0.2, 0) is 5.41 Å². The van der Waals surface area contributed by atoms with Crippen LogP contribution in [0.5, 0.6) is 0 Å². The third-order valence-corrected chi connectivity index (χ3v) is 13.1. The Morgan fingerprint density at radius 2 is 0.806 bits per heavy atom. The van der Waals surface area contributed by atoms with Crippen LogP contribution in [0.25, 0.3) is 65.7 Å². The predicted molar refractivity (Wildman–Crippen MR) is 262 cm³/mol. The Bertz CT molecular complexity index is 3420. The van der Waals surface area contributed by atoms with Gasteiger partial charge < -0.3 is 4.90 Å². The summed E-state index contributed by atoms with van der Waals surface area (Å²) in [6.45, 7) is 0. The van der Waals surface area contributed by atoms with Crippen molar-refractivity contribution in [1.29, 1.82) is 0 Å². The minimum Gasteiger partial charge on any atom is -0.310 e. The van der Waals surface area contributed by atoms with Gasteiger partial charge in [-0.15, -0.1) is 0 Å². The Hall–Kier alpha value is -8.00. The van der Waals surface area contributed by atoms with Crippen molar-refractivity contribution in [1.82, 2.24) is 0 Å². The molecule has 0 aliphatic heterocycles. The number of anilines is 3. The molecule has 0 N–H and O–H groups in total. The van der Waals surface area contributed by atoms with Crippen molar-refractivity contribution in [3.63, 3.8) is 0 Å². The number of nitrogens with zero attached hydrogens (tertiary/aromatic N) is 1. The molecule has 0 spiro atoms. The fraction of sp³-hybridized carbons (Fsp3) is 0.0164. The van der Waals surface area contributed by atoms with Gasteiger partial charge in [-0.05, 0) is 119 Å². The van der Waals surface area contributed by atoms with E-state index in [0.717, 1.165) is 17.1 Å². The lowest BCUT2D eigenvalue weighted by molar-refractivity contribution is 0.768. The molecule has 1 aliphatic carbocycles. The summed E-state index contributed by atoms with van der Waals surface area (Å²) in [6, 6.07) is 91.8. The molecule has 62 heavy (non-hydrogen) atoms. The largest absolute Gasteiger partial charge is 0.310 e. The highest BCUT2D eigenvalue weighted by atomic mass is 15.1. The van der Waals surface area contributed by atoms with Crippen molar-refractivity contribution in [3.8, 4) is 33.4 Å². The standard InChI is InChI=1S/C61H41N/c1-4-23-44(24-5-1)61(45-25-6-2-7-26-45)57-36-17-16-33-52(57)53-39-38-47(41-58(53)61)62(46-27-8-3-9-28-46)59-37-19-35-55(60(59)54-34-18-22-42-20-10-12-29-48(42)54)56-40-43-21-11-13-30-49(43)50-31-14-15-32-51(50)56/h1-41H. The summed E-state index contributed by atoms with van der Waals surface area (Å²) in [5.74, 6) is 0. The molecule has 0 saturated carbocycles. The average Bonchev–Trinajstić information content (AvgIpc) is 3.65. The molecule has 0 atom stereocenters. The van der Waals surface area contributed by atoms with Gasteiger partial charge in [-0.2, -0.15) is 0 Å². The summed E-state index contributed by atoms with van der Waals surface area (Å²) in [5, 5.41) is 7.42. The topological polar surface area (TPSA) is 3.24 Å². The van der Waals surface area contributed by atoms with Gasteiger partial charge in [0.05, 0.1) is 11.1 Å². The molecule has 11 aromatic rings. The summed E-state index contributed by atoms with van der Waals surface area (Å²) < 4.78 is 0. The molecule has 0 aromatic heterocycles. The number of hydrogen-bond donors (Lipinski definition) is 0. The Balaban J connectivity index is 1.19. The molecule has 0 fully saturated rings. The molecule has 12 rings (SSSR count). The van der Waals surface area contributed by atoms with E-state index in [1.54, 1.807) is 0 Å². The van der Waals surface area contributed by atoms with Crippen LogP contribution in [0, 0.1) is 0 Å². The maximum atomic E-state index is 2.49. The minimum absolute atomic E-state index is 0.531. The maximum Gasteiger partial charge on any atom is 0.0714 e. The van der Waals surface area contributed by atoms with E-state index in [1.165, 1.54) is 88.0 Å². The number of benzene rings is 11. The molecule has 0 heterocycles. The average molecular weight is 788 g/mol. The van der Waals surface area contributed by atoms with Gasteiger partial charge in [0.25, 0.3) is 0 Å². The molecule has 290 valence electrons. The van der Waals surface area contributed by atoms with Crippen molar-refractivity contribution in [2.24, 2.45) is 0 Å². The van der Waals surface area contributed by atoms with Crippen LogP contribution in [0.1, 0.15) is 22.3 Å². The normalized spacial score (nSPS) is 12.6. The molecule has 0 saturated heterocycles. The fourth-order valence-electron chi connectivity index (χ4n) is 10.5. The van der Waals surface area contributed by atoms with E-state index in [-0.39, 0.29) is 0 Å². The Kier molecular flexibility index (Phi) is 8.47. The molecule has 11 aromatic carbocycles. The second-order valence-corrected chi connectivity index (χ2v) is 16.3. The van der Waals surface area contributed by atoms with Gasteiger partial charge in [0.2, 0.25) is 0 Å². The van der Waals surface area contributed by atoms with E-state index in [4.69, 9.17) is 0 Å². The first-order valence-electron chi connectivity index (χ1n) is 21.5. The Morgan fingerprint density at radius 3 is 1.56 bits per heavy atom. The van der Waals surface area contributed by atoms with Gasteiger partial charge in [-0.3, -0.25) is 0 Å².